The molecule has 1 heterocycles. The van der Waals surface area contributed by atoms with Gasteiger partial charge in [-0.3, -0.25) is 0 Å². The van der Waals surface area contributed by atoms with Crippen LogP contribution >= 0.6 is 0 Å². The maximum absolute atomic E-state index is 5.56. The van der Waals surface area contributed by atoms with E-state index in [1.807, 2.05) is 0 Å². The number of ether oxygens (including phenoxy) is 1. The Bertz CT molecular complexity index is 183. The molecule has 0 N–H and O–H groups in total. The van der Waals surface area contributed by atoms with Gasteiger partial charge >= 0.3 is 0 Å². The molecule has 0 spiro atoms. The molecule has 1 heteroatoms. The second-order valence-corrected chi connectivity index (χ2v) is 4.02. The van der Waals surface area contributed by atoms with Gasteiger partial charge in [0.25, 0.3) is 0 Å². The highest BCUT2D eigenvalue weighted by Gasteiger charge is 2.46. The van der Waals surface area contributed by atoms with Crippen LogP contribution in [0.25, 0.3) is 0 Å². The van der Waals surface area contributed by atoms with Gasteiger partial charge in [-0.2, -0.15) is 0 Å². The first-order valence-electron chi connectivity index (χ1n) is 5.24. The average molecular weight is 166 g/mol. The molecule has 2 atom stereocenters. The SMILES string of the molecule is CCCCCC=C1OCC2CC12. The number of rotatable bonds is 4. The van der Waals surface area contributed by atoms with Crippen LogP contribution in [0.4, 0.5) is 0 Å². The minimum atomic E-state index is 0.839. The summed E-state index contributed by atoms with van der Waals surface area (Å²) in [4.78, 5) is 0. The van der Waals surface area contributed by atoms with Gasteiger partial charge in [0.2, 0.25) is 0 Å². The summed E-state index contributed by atoms with van der Waals surface area (Å²) in [6, 6.07) is 0. The summed E-state index contributed by atoms with van der Waals surface area (Å²) in [5, 5.41) is 0. The molecule has 0 aromatic rings. The number of fused-ring (bicyclic) bond motifs is 1. The van der Waals surface area contributed by atoms with Crippen LogP contribution in [0.15, 0.2) is 11.8 Å². The minimum Gasteiger partial charge on any atom is -0.498 e. The van der Waals surface area contributed by atoms with E-state index in [1.165, 1.54) is 37.9 Å². The summed E-state index contributed by atoms with van der Waals surface area (Å²) < 4.78 is 5.56. The standard InChI is InChI=1S/C11H18O/c1-2-3-4-5-6-11-10-7-9(10)8-12-11/h6,9-10H,2-5,7-8H2,1H3. The van der Waals surface area contributed by atoms with E-state index >= 15 is 0 Å². The number of allylic oxidation sites excluding steroid dienone is 2. The second kappa shape index (κ2) is 3.51. The third-order valence-electron chi connectivity index (χ3n) is 2.91. The van der Waals surface area contributed by atoms with Crippen molar-refractivity contribution in [2.75, 3.05) is 6.61 Å². The fourth-order valence-corrected chi connectivity index (χ4v) is 1.94. The van der Waals surface area contributed by atoms with Crippen molar-refractivity contribution < 1.29 is 4.74 Å². The fourth-order valence-electron chi connectivity index (χ4n) is 1.94. The van der Waals surface area contributed by atoms with E-state index in [9.17, 15) is 0 Å². The smallest absolute Gasteiger partial charge is 0.0955 e. The van der Waals surface area contributed by atoms with E-state index in [0.29, 0.717) is 0 Å². The maximum atomic E-state index is 5.56. The van der Waals surface area contributed by atoms with Gasteiger partial charge < -0.3 is 4.74 Å². The lowest BCUT2D eigenvalue weighted by Gasteiger charge is -2.01. The normalized spacial score (nSPS) is 34.9. The zero-order valence-electron chi connectivity index (χ0n) is 7.88. The highest BCUT2D eigenvalue weighted by molar-refractivity contribution is 5.14. The Labute approximate surface area is 74.8 Å². The van der Waals surface area contributed by atoms with E-state index in [4.69, 9.17) is 4.74 Å². The predicted octanol–water partition coefficient (Wildman–Crippen LogP) is 3.12. The Kier molecular flexibility index (Phi) is 2.38. The quantitative estimate of drug-likeness (QED) is 0.583. The van der Waals surface area contributed by atoms with Crippen LogP contribution in [0.2, 0.25) is 0 Å². The summed E-state index contributed by atoms with van der Waals surface area (Å²) in [5.74, 6) is 3.06. The predicted molar refractivity (Wildman–Crippen MR) is 49.8 cm³/mol. The summed E-state index contributed by atoms with van der Waals surface area (Å²) in [6.07, 6.45) is 8.97. The van der Waals surface area contributed by atoms with Gasteiger partial charge in [-0.15, -0.1) is 0 Å². The van der Waals surface area contributed by atoms with E-state index in [-0.39, 0.29) is 0 Å². The second-order valence-electron chi connectivity index (χ2n) is 4.02. The van der Waals surface area contributed by atoms with Gasteiger partial charge in [-0.1, -0.05) is 19.8 Å². The van der Waals surface area contributed by atoms with Crippen molar-refractivity contribution in [2.24, 2.45) is 11.8 Å². The third kappa shape index (κ3) is 1.65. The van der Waals surface area contributed by atoms with Crippen molar-refractivity contribution in [1.29, 1.82) is 0 Å². The van der Waals surface area contributed by atoms with Crippen LogP contribution in [-0.2, 0) is 4.74 Å². The van der Waals surface area contributed by atoms with Crippen LogP contribution in [-0.4, -0.2) is 6.61 Å². The molecule has 2 unspecified atom stereocenters. The molecular formula is C11H18O. The van der Waals surface area contributed by atoms with E-state index in [0.717, 1.165) is 18.4 Å². The highest BCUT2D eigenvalue weighted by Crippen LogP contribution is 2.50. The zero-order chi connectivity index (χ0) is 8.39. The Hall–Kier alpha value is -0.460. The van der Waals surface area contributed by atoms with Gasteiger partial charge in [-0.25, -0.2) is 0 Å². The van der Waals surface area contributed by atoms with E-state index in [2.05, 4.69) is 13.0 Å². The van der Waals surface area contributed by atoms with Crippen molar-refractivity contribution in [3.63, 3.8) is 0 Å². The molecule has 1 aliphatic heterocycles. The molecule has 2 aliphatic rings. The van der Waals surface area contributed by atoms with Gasteiger partial charge in [0.15, 0.2) is 0 Å². The first-order chi connectivity index (χ1) is 5.92. The largest absolute Gasteiger partial charge is 0.498 e. The molecule has 2 fully saturated rings. The van der Waals surface area contributed by atoms with Crippen LogP contribution in [0.3, 0.4) is 0 Å². The number of hydrogen-bond donors (Lipinski definition) is 0. The molecule has 0 bridgehead atoms. The third-order valence-corrected chi connectivity index (χ3v) is 2.91. The van der Waals surface area contributed by atoms with Gasteiger partial charge in [0.05, 0.1) is 12.4 Å². The highest BCUT2D eigenvalue weighted by atomic mass is 16.5. The lowest BCUT2D eigenvalue weighted by atomic mass is 10.2. The fraction of sp³-hybridized carbons (Fsp3) is 0.818. The topological polar surface area (TPSA) is 9.23 Å². The van der Waals surface area contributed by atoms with Gasteiger partial charge in [0.1, 0.15) is 0 Å². The molecule has 1 aliphatic carbocycles. The average Bonchev–Trinajstić information content (AvgIpc) is 2.76. The summed E-state index contributed by atoms with van der Waals surface area (Å²) in [6.45, 7) is 3.25. The van der Waals surface area contributed by atoms with Crippen molar-refractivity contribution in [3.05, 3.63) is 11.8 Å². The van der Waals surface area contributed by atoms with Crippen LogP contribution in [0, 0.1) is 11.8 Å². The van der Waals surface area contributed by atoms with Gasteiger partial charge in [-0.05, 0) is 25.3 Å². The molecule has 1 nitrogen and oxygen atoms in total. The molecule has 1 saturated carbocycles. The molecule has 0 amide bonds. The molecule has 1 saturated heterocycles. The van der Waals surface area contributed by atoms with Crippen molar-refractivity contribution in [3.8, 4) is 0 Å². The number of hydrogen-bond acceptors (Lipinski definition) is 1. The Morgan fingerprint density at radius 2 is 2.42 bits per heavy atom. The molecular weight excluding hydrogens is 148 g/mol. The van der Waals surface area contributed by atoms with Crippen LogP contribution < -0.4 is 0 Å². The van der Waals surface area contributed by atoms with Crippen molar-refractivity contribution >= 4 is 0 Å². The van der Waals surface area contributed by atoms with Crippen molar-refractivity contribution in [1.82, 2.24) is 0 Å². The van der Waals surface area contributed by atoms with Crippen molar-refractivity contribution in [2.45, 2.75) is 39.0 Å². The first-order valence-corrected chi connectivity index (χ1v) is 5.24. The monoisotopic (exact) mass is 166 g/mol. The number of unbranched alkanes of at least 4 members (excludes halogenated alkanes) is 3. The maximum Gasteiger partial charge on any atom is 0.0955 e. The molecule has 68 valence electrons. The minimum absolute atomic E-state index is 0.839. The zero-order valence-corrected chi connectivity index (χ0v) is 7.88. The molecule has 0 aromatic carbocycles. The Morgan fingerprint density at radius 1 is 1.50 bits per heavy atom. The molecule has 12 heavy (non-hydrogen) atoms. The van der Waals surface area contributed by atoms with Crippen LogP contribution in [0.1, 0.15) is 39.0 Å². The summed E-state index contributed by atoms with van der Waals surface area (Å²) in [7, 11) is 0. The first kappa shape index (κ1) is 8.15. The molecule has 2 rings (SSSR count). The van der Waals surface area contributed by atoms with E-state index in [1.54, 1.807) is 0 Å². The lowest BCUT2D eigenvalue weighted by molar-refractivity contribution is 0.230. The van der Waals surface area contributed by atoms with Gasteiger partial charge in [0, 0.05) is 11.8 Å². The van der Waals surface area contributed by atoms with Crippen LogP contribution in [0.5, 0.6) is 0 Å². The summed E-state index contributed by atoms with van der Waals surface area (Å²) >= 11 is 0. The lowest BCUT2D eigenvalue weighted by Crippen LogP contribution is -1.87. The summed E-state index contributed by atoms with van der Waals surface area (Å²) in [5.41, 5.74) is 0. The molecule has 0 aromatic heterocycles. The Balaban J connectivity index is 1.69. The Morgan fingerprint density at radius 3 is 3.00 bits per heavy atom. The molecule has 0 radical (unpaired) electrons. The van der Waals surface area contributed by atoms with E-state index < -0.39 is 0 Å².